The van der Waals surface area contributed by atoms with Gasteiger partial charge in [-0.25, -0.2) is 4.39 Å². The SMILES string of the molecule is CC(=O)Nc1cccc(N2CC(C(=O)Nc3ccc(F)cc3C)CC2=O)c1. The van der Waals surface area contributed by atoms with Gasteiger partial charge in [0.25, 0.3) is 0 Å². The minimum atomic E-state index is -0.508. The van der Waals surface area contributed by atoms with Gasteiger partial charge in [0.15, 0.2) is 0 Å². The Morgan fingerprint density at radius 3 is 2.63 bits per heavy atom. The summed E-state index contributed by atoms with van der Waals surface area (Å²) in [6.07, 6.45) is 0.0937. The van der Waals surface area contributed by atoms with Crippen LogP contribution < -0.4 is 15.5 Å². The van der Waals surface area contributed by atoms with Gasteiger partial charge < -0.3 is 15.5 Å². The molecule has 0 radical (unpaired) electrons. The lowest BCUT2D eigenvalue weighted by atomic mass is 10.1. The zero-order valence-electron chi connectivity index (χ0n) is 15.1. The second-order valence-electron chi connectivity index (χ2n) is 6.59. The first-order valence-corrected chi connectivity index (χ1v) is 8.58. The first-order valence-electron chi connectivity index (χ1n) is 8.58. The third kappa shape index (κ3) is 4.31. The number of benzene rings is 2. The Labute approximate surface area is 156 Å². The van der Waals surface area contributed by atoms with Gasteiger partial charge in [0.1, 0.15) is 5.82 Å². The first kappa shape index (κ1) is 18.6. The van der Waals surface area contributed by atoms with E-state index < -0.39 is 5.92 Å². The van der Waals surface area contributed by atoms with Crippen LogP contribution in [0.4, 0.5) is 21.5 Å². The number of hydrogen-bond acceptors (Lipinski definition) is 3. The maximum atomic E-state index is 13.2. The summed E-state index contributed by atoms with van der Waals surface area (Å²) in [7, 11) is 0. The van der Waals surface area contributed by atoms with Crippen molar-refractivity contribution < 1.29 is 18.8 Å². The molecule has 3 amide bonds. The van der Waals surface area contributed by atoms with Gasteiger partial charge in [-0.15, -0.1) is 0 Å². The van der Waals surface area contributed by atoms with Crippen LogP contribution in [-0.2, 0) is 14.4 Å². The molecular weight excluding hydrogens is 349 g/mol. The Balaban J connectivity index is 1.71. The van der Waals surface area contributed by atoms with E-state index in [1.807, 2.05) is 0 Å². The number of carbonyl (C=O) groups is 3. The van der Waals surface area contributed by atoms with Crippen LogP contribution in [0.1, 0.15) is 18.9 Å². The summed E-state index contributed by atoms with van der Waals surface area (Å²) in [6, 6.07) is 11.1. The van der Waals surface area contributed by atoms with Crippen molar-refractivity contribution in [3.8, 4) is 0 Å². The molecule has 27 heavy (non-hydrogen) atoms. The minimum absolute atomic E-state index is 0.0937. The third-order valence-corrected chi connectivity index (χ3v) is 4.42. The summed E-state index contributed by atoms with van der Waals surface area (Å²) in [5.41, 5.74) is 2.36. The molecule has 1 saturated heterocycles. The fourth-order valence-electron chi connectivity index (χ4n) is 3.09. The molecule has 1 aliphatic rings. The van der Waals surface area contributed by atoms with Crippen LogP contribution in [0.15, 0.2) is 42.5 Å². The van der Waals surface area contributed by atoms with Gasteiger partial charge in [0.05, 0.1) is 5.92 Å². The highest BCUT2D eigenvalue weighted by Crippen LogP contribution is 2.28. The van der Waals surface area contributed by atoms with Gasteiger partial charge in [-0.05, 0) is 48.9 Å². The van der Waals surface area contributed by atoms with Crippen molar-refractivity contribution in [1.82, 2.24) is 0 Å². The fourth-order valence-corrected chi connectivity index (χ4v) is 3.09. The fraction of sp³-hybridized carbons (Fsp3) is 0.250. The molecule has 1 fully saturated rings. The van der Waals surface area contributed by atoms with E-state index in [0.717, 1.165) is 0 Å². The maximum Gasteiger partial charge on any atom is 0.229 e. The average Bonchev–Trinajstić information content (AvgIpc) is 2.99. The van der Waals surface area contributed by atoms with Crippen LogP contribution in [0.25, 0.3) is 0 Å². The Morgan fingerprint density at radius 1 is 1.15 bits per heavy atom. The van der Waals surface area contributed by atoms with Crippen molar-refractivity contribution in [3.05, 3.63) is 53.8 Å². The quantitative estimate of drug-likeness (QED) is 0.869. The molecule has 0 spiro atoms. The summed E-state index contributed by atoms with van der Waals surface area (Å²) in [4.78, 5) is 37.7. The summed E-state index contributed by atoms with van der Waals surface area (Å²) < 4.78 is 13.2. The number of rotatable bonds is 4. The number of nitrogens with zero attached hydrogens (tertiary/aromatic N) is 1. The normalized spacial score (nSPS) is 16.3. The molecule has 1 unspecified atom stereocenters. The molecule has 0 bridgehead atoms. The van der Waals surface area contributed by atoms with Crippen LogP contribution >= 0.6 is 0 Å². The van der Waals surface area contributed by atoms with Crippen molar-refractivity contribution in [3.63, 3.8) is 0 Å². The molecule has 0 saturated carbocycles. The van der Waals surface area contributed by atoms with E-state index in [1.165, 1.54) is 30.0 Å². The number of aryl methyl sites for hydroxylation is 1. The van der Waals surface area contributed by atoms with Gasteiger partial charge in [-0.1, -0.05) is 6.07 Å². The smallest absolute Gasteiger partial charge is 0.229 e. The lowest BCUT2D eigenvalue weighted by molar-refractivity contribution is -0.122. The molecule has 3 rings (SSSR count). The first-order chi connectivity index (χ1) is 12.8. The standard InChI is InChI=1S/C20H20FN3O3/c1-12-8-15(21)6-7-18(12)23-20(27)14-9-19(26)24(11-14)17-5-3-4-16(10-17)22-13(2)25/h3-8,10,14H,9,11H2,1-2H3,(H,22,25)(H,23,27). The molecular formula is C20H20FN3O3. The molecule has 140 valence electrons. The highest BCUT2D eigenvalue weighted by Gasteiger charge is 2.35. The molecule has 7 heteroatoms. The summed E-state index contributed by atoms with van der Waals surface area (Å²) >= 11 is 0. The van der Waals surface area contributed by atoms with Crippen LogP contribution in [-0.4, -0.2) is 24.3 Å². The van der Waals surface area contributed by atoms with E-state index in [9.17, 15) is 18.8 Å². The molecule has 0 aliphatic carbocycles. The molecule has 2 aromatic rings. The summed E-state index contributed by atoms with van der Waals surface area (Å²) in [5, 5.41) is 5.44. The van der Waals surface area contributed by atoms with Crippen LogP contribution in [0.5, 0.6) is 0 Å². The number of anilines is 3. The highest BCUT2D eigenvalue weighted by atomic mass is 19.1. The van der Waals surface area contributed by atoms with Crippen molar-refractivity contribution in [2.75, 3.05) is 22.1 Å². The number of carbonyl (C=O) groups excluding carboxylic acids is 3. The van der Waals surface area contributed by atoms with Crippen LogP contribution in [0.2, 0.25) is 0 Å². The minimum Gasteiger partial charge on any atom is -0.326 e. The summed E-state index contributed by atoms with van der Waals surface area (Å²) in [5.74, 6) is -1.52. The van der Waals surface area contributed by atoms with Crippen molar-refractivity contribution >= 4 is 34.8 Å². The number of hydrogen-bond donors (Lipinski definition) is 2. The van der Waals surface area contributed by atoms with Crippen LogP contribution in [0.3, 0.4) is 0 Å². The van der Waals surface area contributed by atoms with Crippen molar-refractivity contribution in [2.24, 2.45) is 5.92 Å². The Bertz CT molecular complexity index is 913. The van der Waals surface area contributed by atoms with Crippen LogP contribution in [0, 0.1) is 18.7 Å². The van der Waals surface area contributed by atoms with Crippen molar-refractivity contribution in [2.45, 2.75) is 20.3 Å². The molecule has 2 aromatic carbocycles. The third-order valence-electron chi connectivity index (χ3n) is 4.42. The van der Waals surface area contributed by atoms with Gasteiger partial charge >= 0.3 is 0 Å². The van der Waals surface area contributed by atoms with Gasteiger partial charge in [0.2, 0.25) is 17.7 Å². The maximum absolute atomic E-state index is 13.2. The van der Waals surface area contributed by atoms with E-state index in [0.29, 0.717) is 22.6 Å². The van der Waals surface area contributed by atoms with Gasteiger partial charge in [0, 0.05) is 37.0 Å². The Hall–Kier alpha value is -3.22. The molecule has 1 heterocycles. The summed E-state index contributed by atoms with van der Waals surface area (Å²) in [6.45, 7) is 3.36. The zero-order chi connectivity index (χ0) is 19.6. The predicted octanol–water partition coefficient (Wildman–Crippen LogP) is 3.08. The number of amides is 3. The number of nitrogens with one attached hydrogen (secondary N) is 2. The second kappa shape index (κ2) is 7.57. The monoisotopic (exact) mass is 369 g/mol. The average molecular weight is 369 g/mol. The Kier molecular flexibility index (Phi) is 5.21. The van der Waals surface area contributed by atoms with Gasteiger partial charge in [-0.2, -0.15) is 0 Å². The topological polar surface area (TPSA) is 78.5 Å². The molecule has 1 atom stereocenters. The Morgan fingerprint density at radius 2 is 1.93 bits per heavy atom. The molecule has 1 aliphatic heterocycles. The second-order valence-corrected chi connectivity index (χ2v) is 6.59. The predicted molar refractivity (Wildman–Crippen MR) is 101 cm³/mol. The van der Waals surface area contributed by atoms with E-state index >= 15 is 0 Å². The highest BCUT2D eigenvalue weighted by molar-refractivity contribution is 6.04. The zero-order valence-corrected chi connectivity index (χ0v) is 15.1. The molecule has 0 aromatic heterocycles. The molecule has 2 N–H and O–H groups in total. The van der Waals surface area contributed by atoms with Gasteiger partial charge in [-0.3, -0.25) is 14.4 Å². The van der Waals surface area contributed by atoms with Crippen molar-refractivity contribution in [1.29, 1.82) is 0 Å². The van der Waals surface area contributed by atoms with E-state index in [4.69, 9.17) is 0 Å². The lowest BCUT2D eigenvalue weighted by Crippen LogP contribution is -2.28. The number of halogens is 1. The molecule has 6 nitrogen and oxygen atoms in total. The lowest BCUT2D eigenvalue weighted by Gasteiger charge is -2.18. The van der Waals surface area contributed by atoms with E-state index in [-0.39, 0.29) is 36.5 Å². The largest absolute Gasteiger partial charge is 0.326 e. The van der Waals surface area contributed by atoms with E-state index in [2.05, 4.69) is 10.6 Å². The van der Waals surface area contributed by atoms with E-state index in [1.54, 1.807) is 31.2 Å².